The molecule has 0 radical (unpaired) electrons. The van der Waals surface area contributed by atoms with Gasteiger partial charge in [0.15, 0.2) is 0 Å². The lowest BCUT2D eigenvalue weighted by molar-refractivity contribution is -0.120. The molecule has 0 aliphatic carbocycles. The van der Waals surface area contributed by atoms with E-state index in [1.807, 2.05) is 39.0 Å². The molecule has 0 aliphatic heterocycles. The number of carbonyl (C=O) groups is 2. The lowest BCUT2D eigenvalue weighted by Crippen LogP contribution is -2.39. The molecule has 0 fully saturated rings. The van der Waals surface area contributed by atoms with Gasteiger partial charge in [0.25, 0.3) is 0 Å². The molecule has 3 N–H and O–H groups in total. The number of hydrogen-bond donors (Lipinski definition) is 3. The van der Waals surface area contributed by atoms with Crippen molar-refractivity contribution < 1.29 is 9.59 Å². The quantitative estimate of drug-likeness (QED) is 0.725. The third-order valence-corrected chi connectivity index (χ3v) is 3.67. The van der Waals surface area contributed by atoms with Gasteiger partial charge in [0.05, 0.1) is 6.54 Å². The molecule has 0 heterocycles. The lowest BCUT2D eigenvalue weighted by Gasteiger charge is -2.18. The van der Waals surface area contributed by atoms with Gasteiger partial charge >= 0.3 is 0 Å². The predicted molar refractivity (Wildman–Crippen MR) is 91.0 cm³/mol. The van der Waals surface area contributed by atoms with Gasteiger partial charge in [0.2, 0.25) is 11.8 Å². The van der Waals surface area contributed by atoms with Gasteiger partial charge in [-0.15, -0.1) is 0 Å². The molecule has 0 saturated heterocycles. The van der Waals surface area contributed by atoms with Crippen molar-refractivity contribution in [2.45, 2.75) is 47.1 Å². The van der Waals surface area contributed by atoms with Crippen LogP contribution in [-0.2, 0) is 9.59 Å². The van der Waals surface area contributed by atoms with Crippen LogP contribution in [0, 0.1) is 12.8 Å². The molecule has 0 saturated carbocycles. The first-order valence-electron chi connectivity index (χ1n) is 7.77. The monoisotopic (exact) mass is 305 g/mol. The first kappa shape index (κ1) is 18.0. The number of nitrogens with one attached hydrogen (secondary N) is 3. The average Bonchev–Trinajstić information content (AvgIpc) is 2.47. The smallest absolute Gasteiger partial charge is 0.239 e. The van der Waals surface area contributed by atoms with Crippen LogP contribution >= 0.6 is 0 Å². The van der Waals surface area contributed by atoms with Gasteiger partial charge in [-0.2, -0.15) is 0 Å². The van der Waals surface area contributed by atoms with Gasteiger partial charge in [0.1, 0.15) is 0 Å². The van der Waals surface area contributed by atoms with Crippen LogP contribution in [0.2, 0.25) is 0 Å². The fraction of sp³-hybridized carbons (Fsp3) is 0.529. The van der Waals surface area contributed by atoms with E-state index in [0.717, 1.165) is 16.9 Å². The number of amides is 2. The minimum Gasteiger partial charge on any atom is -0.376 e. The molecule has 1 atom stereocenters. The molecule has 1 unspecified atom stereocenters. The largest absolute Gasteiger partial charge is 0.376 e. The second kappa shape index (κ2) is 8.41. The maximum absolute atomic E-state index is 11.9. The summed E-state index contributed by atoms with van der Waals surface area (Å²) in [7, 11) is 0. The topological polar surface area (TPSA) is 70.2 Å². The Morgan fingerprint density at radius 1 is 1.14 bits per heavy atom. The van der Waals surface area contributed by atoms with E-state index >= 15 is 0 Å². The predicted octanol–water partition coefficient (Wildman–Crippen LogP) is 2.92. The van der Waals surface area contributed by atoms with Crippen molar-refractivity contribution in [3.05, 3.63) is 23.8 Å². The summed E-state index contributed by atoms with van der Waals surface area (Å²) in [6, 6.07) is 5.77. The van der Waals surface area contributed by atoms with Crippen molar-refractivity contribution in [1.29, 1.82) is 0 Å². The van der Waals surface area contributed by atoms with Crippen LogP contribution in [0.1, 0.15) is 39.7 Å². The molecule has 1 aromatic carbocycles. The van der Waals surface area contributed by atoms with Crippen molar-refractivity contribution in [2.75, 3.05) is 17.2 Å². The highest BCUT2D eigenvalue weighted by atomic mass is 16.2. The van der Waals surface area contributed by atoms with Crippen LogP contribution in [0.25, 0.3) is 0 Å². The summed E-state index contributed by atoms with van der Waals surface area (Å²) in [5.74, 6) is 0.333. The van der Waals surface area contributed by atoms with Crippen LogP contribution in [0.3, 0.4) is 0 Å². The molecular weight excluding hydrogens is 278 g/mol. The van der Waals surface area contributed by atoms with E-state index in [1.54, 1.807) is 0 Å². The molecule has 0 spiro atoms. The number of anilines is 2. The van der Waals surface area contributed by atoms with Crippen molar-refractivity contribution in [3.8, 4) is 0 Å². The van der Waals surface area contributed by atoms with E-state index in [2.05, 4.69) is 29.8 Å². The number of carbonyl (C=O) groups excluding carboxylic acids is 2. The molecule has 122 valence electrons. The highest BCUT2D eigenvalue weighted by Gasteiger charge is 2.11. The first-order valence-corrected chi connectivity index (χ1v) is 7.77. The molecule has 1 rings (SSSR count). The highest BCUT2D eigenvalue weighted by molar-refractivity contribution is 5.91. The van der Waals surface area contributed by atoms with Crippen molar-refractivity contribution in [1.82, 2.24) is 5.32 Å². The highest BCUT2D eigenvalue weighted by Crippen LogP contribution is 2.20. The first-order chi connectivity index (χ1) is 10.3. The molecule has 22 heavy (non-hydrogen) atoms. The minimum absolute atomic E-state index is 0.0293. The minimum atomic E-state index is -0.0383. The molecular formula is C17H27N3O2. The van der Waals surface area contributed by atoms with Gasteiger partial charge in [0, 0.05) is 23.8 Å². The number of benzene rings is 1. The average molecular weight is 305 g/mol. The zero-order valence-corrected chi connectivity index (χ0v) is 14.1. The summed E-state index contributed by atoms with van der Waals surface area (Å²) in [5, 5.41) is 8.89. The van der Waals surface area contributed by atoms with E-state index in [1.165, 1.54) is 0 Å². The summed E-state index contributed by atoms with van der Waals surface area (Å²) >= 11 is 0. The molecule has 2 amide bonds. The van der Waals surface area contributed by atoms with Crippen LogP contribution in [0.5, 0.6) is 0 Å². The van der Waals surface area contributed by atoms with Crippen LogP contribution in [0.4, 0.5) is 11.4 Å². The molecule has 5 heteroatoms. The van der Waals surface area contributed by atoms with Gasteiger partial charge in [-0.1, -0.05) is 26.8 Å². The third kappa shape index (κ3) is 5.76. The van der Waals surface area contributed by atoms with E-state index < -0.39 is 0 Å². The number of rotatable bonds is 7. The van der Waals surface area contributed by atoms with Gasteiger partial charge < -0.3 is 16.0 Å². The fourth-order valence-corrected chi connectivity index (χ4v) is 1.79. The SMILES string of the molecule is CCC(=O)Nc1ccc(C)c(NCC(=O)NC(C)C(C)C)c1. The zero-order valence-electron chi connectivity index (χ0n) is 14.1. The Labute approximate surface area is 132 Å². The summed E-state index contributed by atoms with van der Waals surface area (Å²) in [4.78, 5) is 23.3. The standard InChI is InChI=1S/C17H27N3O2/c1-6-16(21)20-14-8-7-12(4)15(9-14)18-10-17(22)19-13(5)11(2)3/h7-9,11,13,18H,6,10H2,1-5H3,(H,19,22)(H,20,21). The van der Waals surface area contributed by atoms with Crippen LogP contribution < -0.4 is 16.0 Å². The van der Waals surface area contributed by atoms with E-state index in [4.69, 9.17) is 0 Å². The lowest BCUT2D eigenvalue weighted by atomic mass is 10.1. The van der Waals surface area contributed by atoms with Crippen LogP contribution in [0.15, 0.2) is 18.2 Å². The Morgan fingerprint density at radius 2 is 1.82 bits per heavy atom. The number of hydrogen-bond acceptors (Lipinski definition) is 3. The Kier molecular flexibility index (Phi) is 6.89. The van der Waals surface area contributed by atoms with E-state index in [-0.39, 0.29) is 24.4 Å². The third-order valence-electron chi connectivity index (χ3n) is 3.67. The van der Waals surface area contributed by atoms with Crippen molar-refractivity contribution >= 4 is 23.2 Å². The Hall–Kier alpha value is -2.04. The van der Waals surface area contributed by atoms with Crippen molar-refractivity contribution in [3.63, 3.8) is 0 Å². The summed E-state index contributed by atoms with van der Waals surface area (Å²) < 4.78 is 0. The van der Waals surface area contributed by atoms with Gasteiger partial charge in [-0.25, -0.2) is 0 Å². The zero-order chi connectivity index (χ0) is 16.7. The molecule has 0 bridgehead atoms. The second-order valence-corrected chi connectivity index (χ2v) is 5.89. The van der Waals surface area contributed by atoms with Gasteiger partial charge in [-0.05, 0) is 37.5 Å². The van der Waals surface area contributed by atoms with Crippen molar-refractivity contribution in [2.24, 2.45) is 5.92 Å². The Morgan fingerprint density at radius 3 is 2.41 bits per heavy atom. The van der Waals surface area contributed by atoms with E-state index in [9.17, 15) is 9.59 Å². The van der Waals surface area contributed by atoms with E-state index in [0.29, 0.717) is 12.3 Å². The fourth-order valence-electron chi connectivity index (χ4n) is 1.79. The normalized spacial score (nSPS) is 11.9. The Bertz CT molecular complexity index is 527. The molecule has 5 nitrogen and oxygen atoms in total. The second-order valence-electron chi connectivity index (χ2n) is 5.89. The Balaban J connectivity index is 2.63. The summed E-state index contributed by atoms with van der Waals surface area (Å²) in [5.41, 5.74) is 2.61. The van der Waals surface area contributed by atoms with Gasteiger partial charge in [-0.3, -0.25) is 9.59 Å². The van der Waals surface area contributed by atoms with Crippen LogP contribution in [-0.4, -0.2) is 24.4 Å². The molecule has 0 aliphatic rings. The molecule has 0 aromatic heterocycles. The molecule has 1 aromatic rings. The maximum atomic E-state index is 11.9. The number of aryl methyl sites for hydroxylation is 1. The summed E-state index contributed by atoms with van der Waals surface area (Å²) in [6.07, 6.45) is 0.437. The summed E-state index contributed by atoms with van der Waals surface area (Å²) in [6.45, 7) is 10.1. The maximum Gasteiger partial charge on any atom is 0.239 e.